The number of benzene rings is 2. The first-order valence-corrected chi connectivity index (χ1v) is 12.9. The lowest BCUT2D eigenvalue weighted by Crippen LogP contribution is -2.35. The first-order chi connectivity index (χ1) is 17.8. The van der Waals surface area contributed by atoms with E-state index in [1.807, 2.05) is 42.5 Å². The van der Waals surface area contributed by atoms with Crippen molar-refractivity contribution in [3.8, 4) is 5.75 Å². The van der Waals surface area contributed by atoms with Crippen LogP contribution in [0.4, 0.5) is 0 Å². The van der Waals surface area contributed by atoms with Gasteiger partial charge >= 0.3 is 5.69 Å². The third-order valence-electron chi connectivity index (χ3n) is 6.15. The second-order valence-corrected chi connectivity index (χ2v) is 10.3. The number of aliphatic hydroxyl groups is 3. The molecule has 11 nitrogen and oxygen atoms in total. The Hall–Kier alpha value is -2.81. The Morgan fingerprint density at radius 2 is 1.81 bits per heavy atom. The first kappa shape index (κ1) is 25.8. The van der Waals surface area contributed by atoms with Crippen molar-refractivity contribution < 1.29 is 24.8 Å². The molecule has 37 heavy (non-hydrogen) atoms. The van der Waals surface area contributed by atoms with E-state index in [0.717, 1.165) is 24.6 Å². The summed E-state index contributed by atoms with van der Waals surface area (Å²) in [7, 11) is 0. The van der Waals surface area contributed by atoms with Crippen LogP contribution in [0.3, 0.4) is 0 Å². The average molecular weight is 637 g/mol. The van der Waals surface area contributed by atoms with Gasteiger partial charge in [0.2, 0.25) is 0 Å². The van der Waals surface area contributed by atoms with Crippen molar-refractivity contribution in [2.45, 2.75) is 37.7 Å². The average Bonchev–Trinajstić information content (AvgIpc) is 3.36. The maximum atomic E-state index is 12.7. The fraction of sp³-hybridized carbons (Fsp3) is 0.292. The Morgan fingerprint density at radius 1 is 1.11 bits per heavy atom. The van der Waals surface area contributed by atoms with E-state index in [1.165, 1.54) is 6.33 Å². The molecule has 2 aromatic heterocycles. The minimum absolute atomic E-state index is 0.00996. The lowest BCUT2D eigenvalue weighted by molar-refractivity contribution is -0.0525. The van der Waals surface area contributed by atoms with Gasteiger partial charge in [-0.3, -0.25) is 5.41 Å². The van der Waals surface area contributed by atoms with Crippen molar-refractivity contribution in [2.24, 2.45) is 0 Å². The molecule has 5 rings (SSSR count). The van der Waals surface area contributed by atoms with Crippen LogP contribution < -0.4 is 15.9 Å². The van der Waals surface area contributed by atoms with Crippen molar-refractivity contribution in [3.05, 3.63) is 84.8 Å². The largest absolute Gasteiger partial charge is 0.487 e. The summed E-state index contributed by atoms with van der Waals surface area (Å²) < 4.78 is 15.5. The van der Waals surface area contributed by atoms with Crippen LogP contribution in [0.15, 0.2) is 62.5 Å². The maximum absolute atomic E-state index is 12.7. The summed E-state index contributed by atoms with van der Waals surface area (Å²) >= 11 is 7.12. The van der Waals surface area contributed by atoms with Gasteiger partial charge in [0.25, 0.3) is 0 Å². The molecule has 1 aliphatic heterocycles. The van der Waals surface area contributed by atoms with Crippen LogP contribution in [0.5, 0.6) is 5.75 Å². The number of imidazole rings is 1. The Morgan fingerprint density at radius 3 is 2.46 bits per heavy atom. The number of fused-ring (bicyclic) bond motifs is 1. The van der Waals surface area contributed by atoms with E-state index < -0.39 is 36.8 Å². The van der Waals surface area contributed by atoms with Crippen molar-refractivity contribution >= 4 is 43.0 Å². The third kappa shape index (κ3) is 4.90. The Balaban J connectivity index is 1.41. The minimum Gasteiger partial charge on any atom is -0.487 e. The van der Waals surface area contributed by atoms with Gasteiger partial charge in [-0.1, -0.05) is 30.3 Å². The topological polar surface area (TPSA) is 159 Å². The fourth-order valence-electron chi connectivity index (χ4n) is 4.27. The van der Waals surface area contributed by atoms with Crippen molar-refractivity contribution in [1.29, 1.82) is 5.41 Å². The Labute approximate surface area is 226 Å². The van der Waals surface area contributed by atoms with Gasteiger partial charge in [0.1, 0.15) is 36.2 Å². The highest BCUT2D eigenvalue weighted by atomic mass is 79.9. The highest BCUT2D eigenvalue weighted by Gasteiger charge is 2.44. The molecular weight excluding hydrogens is 614 g/mol. The normalized spacial score (nSPS) is 21.5. The van der Waals surface area contributed by atoms with E-state index >= 15 is 0 Å². The predicted octanol–water partition coefficient (Wildman–Crippen LogP) is 1.77. The molecule has 0 radical (unpaired) electrons. The SMILES string of the molecule is N=c1c2[nH]c(=O)n([C@@H]3O[C@H](CO)[C@@H](O)[C@H]3O)c2ncn1Cc1cc(Br)c(OCc2ccccc2)c(Br)c1. The van der Waals surface area contributed by atoms with Crippen LogP contribution in [0.2, 0.25) is 0 Å². The molecule has 1 saturated heterocycles. The number of halogens is 2. The van der Waals surface area contributed by atoms with Crippen molar-refractivity contribution in [1.82, 2.24) is 19.1 Å². The summed E-state index contributed by atoms with van der Waals surface area (Å²) in [5.41, 5.74) is 1.45. The number of rotatable bonds is 7. The molecule has 3 heterocycles. The monoisotopic (exact) mass is 635 g/mol. The summed E-state index contributed by atoms with van der Waals surface area (Å²) in [6.45, 7) is 0.159. The molecule has 0 spiro atoms. The van der Waals surface area contributed by atoms with Gasteiger partial charge in [-0.05, 0) is 55.1 Å². The van der Waals surface area contributed by atoms with Gasteiger partial charge in [0.15, 0.2) is 17.4 Å². The zero-order chi connectivity index (χ0) is 26.3. The number of hydrogen-bond acceptors (Lipinski definition) is 8. The molecule has 0 aliphatic carbocycles. The number of nitrogens with one attached hydrogen (secondary N) is 2. The number of H-pyrrole nitrogens is 1. The summed E-state index contributed by atoms with van der Waals surface area (Å²) in [4.78, 5) is 19.6. The molecule has 5 N–H and O–H groups in total. The van der Waals surface area contributed by atoms with Crippen LogP contribution >= 0.6 is 31.9 Å². The standard InChI is InChI=1S/C24H23Br2N5O6/c25-14-6-13(7-15(26)20(14)36-10-12-4-2-1-3-5-12)8-30-11-28-22-17(21(30)27)29-24(35)31(22)23-19(34)18(33)16(9-32)37-23/h1-7,11,16,18-19,23,27,32-34H,8-10H2,(H,29,35)/t16-,18-,19-,23-/m1/s1. The zero-order valence-electron chi connectivity index (χ0n) is 19.2. The molecule has 0 unspecified atom stereocenters. The number of aromatic nitrogens is 4. The van der Waals surface area contributed by atoms with Gasteiger partial charge < -0.3 is 34.3 Å². The highest BCUT2D eigenvalue weighted by molar-refractivity contribution is 9.11. The van der Waals surface area contributed by atoms with Crippen molar-refractivity contribution in [3.63, 3.8) is 0 Å². The molecule has 194 valence electrons. The lowest BCUT2D eigenvalue weighted by atomic mass is 10.1. The van der Waals surface area contributed by atoms with E-state index in [0.29, 0.717) is 12.4 Å². The number of hydrogen-bond donors (Lipinski definition) is 5. The van der Waals surface area contributed by atoms with Crippen LogP contribution in [0.25, 0.3) is 11.2 Å². The zero-order valence-corrected chi connectivity index (χ0v) is 22.4. The van der Waals surface area contributed by atoms with Crippen LogP contribution in [0.1, 0.15) is 17.4 Å². The van der Waals surface area contributed by atoms with Crippen LogP contribution in [-0.4, -0.2) is 59.3 Å². The van der Waals surface area contributed by atoms with Gasteiger partial charge in [-0.15, -0.1) is 0 Å². The molecule has 1 fully saturated rings. The number of ether oxygens (including phenoxy) is 2. The van der Waals surface area contributed by atoms with Gasteiger partial charge in [-0.25, -0.2) is 14.3 Å². The molecule has 4 atom stereocenters. The minimum atomic E-state index is -1.45. The van der Waals surface area contributed by atoms with E-state index in [1.54, 1.807) is 4.57 Å². The molecule has 4 aromatic rings. The van der Waals surface area contributed by atoms with E-state index in [4.69, 9.17) is 14.9 Å². The third-order valence-corrected chi connectivity index (χ3v) is 7.33. The summed E-state index contributed by atoms with van der Waals surface area (Å²) in [6, 6.07) is 13.6. The quantitative estimate of drug-likeness (QED) is 0.207. The van der Waals surface area contributed by atoms with Crippen LogP contribution in [-0.2, 0) is 17.9 Å². The number of aliphatic hydroxyl groups excluding tert-OH is 3. The Kier molecular flexibility index (Phi) is 7.34. The number of aromatic amines is 1. The molecule has 0 saturated carbocycles. The second kappa shape index (κ2) is 10.5. The second-order valence-electron chi connectivity index (χ2n) is 8.61. The summed E-state index contributed by atoms with van der Waals surface area (Å²) in [5.74, 6) is 0.650. The van der Waals surface area contributed by atoms with Gasteiger partial charge in [0.05, 0.1) is 28.4 Å². The molecule has 0 bridgehead atoms. The van der Waals surface area contributed by atoms with E-state index in [2.05, 4.69) is 41.8 Å². The lowest BCUT2D eigenvalue weighted by Gasteiger charge is -2.16. The summed E-state index contributed by atoms with van der Waals surface area (Å²) in [5, 5.41) is 38.4. The predicted molar refractivity (Wildman–Crippen MR) is 139 cm³/mol. The van der Waals surface area contributed by atoms with Crippen LogP contribution in [0, 0.1) is 5.41 Å². The molecule has 0 amide bonds. The van der Waals surface area contributed by atoms with Crippen molar-refractivity contribution in [2.75, 3.05) is 6.61 Å². The maximum Gasteiger partial charge on any atom is 0.330 e. The highest BCUT2D eigenvalue weighted by Crippen LogP contribution is 2.35. The van der Waals surface area contributed by atoms with Gasteiger partial charge in [0, 0.05) is 0 Å². The fourth-order valence-corrected chi connectivity index (χ4v) is 5.78. The van der Waals surface area contributed by atoms with Gasteiger partial charge in [-0.2, -0.15) is 0 Å². The smallest absolute Gasteiger partial charge is 0.330 e. The molecule has 1 aliphatic rings. The summed E-state index contributed by atoms with van der Waals surface area (Å²) in [6.07, 6.45) is -3.71. The Bertz CT molecular complexity index is 1530. The molecule has 2 aromatic carbocycles. The van der Waals surface area contributed by atoms with E-state index in [9.17, 15) is 20.1 Å². The molecular formula is C24H23Br2N5O6. The molecule has 13 heteroatoms. The van der Waals surface area contributed by atoms with E-state index in [-0.39, 0.29) is 23.2 Å². The number of nitrogens with zero attached hydrogens (tertiary/aromatic N) is 3. The first-order valence-electron chi connectivity index (χ1n) is 11.3.